The minimum atomic E-state index is 0.852. The van der Waals surface area contributed by atoms with Crippen molar-refractivity contribution in [1.82, 2.24) is 4.57 Å². The molecule has 9 aromatic carbocycles. The maximum atomic E-state index is 6.74. The predicted octanol–water partition coefficient (Wildman–Crippen LogP) is 14.9. The molecule has 0 aliphatic rings. The van der Waals surface area contributed by atoms with Crippen LogP contribution in [-0.2, 0) is 0 Å². The normalized spacial score (nSPS) is 11.9. The summed E-state index contributed by atoms with van der Waals surface area (Å²) in [5, 5.41) is 9.13. The van der Waals surface area contributed by atoms with Gasteiger partial charge in [-0.15, -0.1) is 0 Å². The van der Waals surface area contributed by atoms with E-state index in [1.54, 1.807) is 0 Å². The molecule has 0 spiro atoms. The summed E-state index contributed by atoms with van der Waals surface area (Å²) >= 11 is 0. The summed E-state index contributed by atoms with van der Waals surface area (Å²) in [5.41, 5.74) is 12.4. The summed E-state index contributed by atoms with van der Waals surface area (Å²) in [5.74, 6) is 0. The average molecular weight is 717 g/mol. The fourth-order valence-electron chi connectivity index (χ4n) is 8.86. The third-order valence-corrected chi connectivity index (χ3v) is 11.4. The summed E-state index contributed by atoms with van der Waals surface area (Å²) in [6.45, 7) is 0. The second kappa shape index (κ2) is 12.0. The molecule has 0 aliphatic heterocycles. The fourth-order valence-corrected chi connectivity index (χ4v) is 8.86. The third-order valence-electron chi connectivity index (χ3n) is 11.4. The van der Waals surface area contributed by atoms with Gasteiger partial charge in [-0.3, -0.25) is 0 Å². The predicted molar refractivity (Wildman–Crippen MR) is 233 cm³/mol. The Morgan fingerprint density at radius 1 is 0.375 bits per heavy atom. The molecule has 0 amide bonds. The van der Waals surface area contributed by atoms with Crippen molar-refractivity contribution in [3.05, 3.63) is 194 Å². The van der Waals surface area contributed by atoms with Gasteiger partial charge in [0.25, 0.3) is 0 Å². The zero-order valence-electron chi connectivity index (χ0n) is 30.2. The Morgan fingerprint density at radius 2 is 1.00 bits per heavy atom. The fraction of sp³-hybridized carbons (Fsp3) is 0. The number of nitrogens with zero attached hydrogens (tertiary/aromatic N) is 2. The number of anilines is 3. The van der Waals surface area contributed by atoms with E-state index in [0.717, 1.165) is 99.6 Å². The molecule has 56 heavy (non-hydrogen) atoms. The minimum Gasteiger partial charge on any atom is -0.456 e. The first-order valence-electron chi connectivity index (χ1n) is 19.0. The Morgan fingerprint density at radius 3 is 1.82 bits per heavy atom. The molecule has 0 unspecified atom stereocenters. The molecule has 0 bridgehead atoms. The van der Waals surface area contributed by atoms with Crippen LogP contribution in [0.4, 0.5) is 17.1 Å². The van der Waals surface area contributed by atoms with E-state index in [9.17, 15) is 0 Å². The second-order valence-corrected chi connectivity index (χ2v) is 14.5. The average Bonchev–Trinajstić information content (AvgIpc) is 3.94. The van der Waals surface area contributed by atoms with E-state index >= 15 is 0 Å². The lowest BCUT2D eigenvalue weighted by Crippen LogP contribution is -2.13. The number of aromatic nitrogens is 1. The van der Waals surface area contributed by atoms with Crippen molar-refractivity contribution in [3.8, 4) is 16.8 Å². The second-order valence-electron chi connectivity index (χ2n) is 14.5. The van der Waals surface area contributed by atoms with E-state index in [4.69, 9.17) is 8.83 Å². The van der Waals surface area contributed by atoms with Crippen LogP contribution in [-0.4, -0.2) is 4.57 Å². The largest absolute Gasteiger partial charge is 0.456 e. The number of rotatable bonds is 5. The number of benzene rings is 9. The van der Waals surface area contributed by atoms with Crippen LogP contribution >= 0.6 is 0 Å². The van der Waals surface area contributed by atoms with Crippen LogP contribution in [0, 0.1) is 0 Å². The highest BCUT2D eigenvalue weighted by molar-refractivity contribution is 6.20. The van der Waals surface area contributed by atoms with Gasteiger partial charge >= 0.3 is 0 Å². The molecule has 3 aromatic heterocycles. The van der Waals surface area contributed by atoms with Gasteiger partial charge in [0.2, 0.25) is 0 Å². The van der Waals surface area contributed by atoms with Gasteiger partial charge in [-0.2, -0.15) is 0 Å². The van der Waals surface area contributed by atoms with Gasteiger partial charge in [0.1, 0.15) is 22.3 Å². The Labute approximate surface area is 321 Å². The van der Waals surface area contributed by atoms with Gasteiger partial charge in [-0.25, -0.2) is 0 Å². The van der Waals surface area contributed by atoms with Crippen LogP contribution in [0.25, 0.3) is 93.3 Å². The molecule has 0 N–H and O–H groups in total. The van der Waals surface area contributed by atoms with Crippen LogP contribution in [0.15, 0.2) is 203 Å². The summed E-state index contributed by atoms with van der Waals surface area (Å²) < 4.78 is 15.3. The van der Waals surface area contributed by atoms with Crippen molar-refractivity contribution >= 4 is 93.5 Å². The molecule has 4 nitrogen and oxygen atoms in total. The molecule has 12 rings (SSSR count). The monoisotopic (exact) mass is 716 g/mol. The maximum Gasteiger partial charge on any atom is 0.143 e. The zero-order valence-corrected chi connectivity index (χ0v) is 30.2. The summed E-state index contributed by atoms with van der Waals surface area (Å²) in [6, 6.07) is 69.1. The Bertz CT molecular complexity index is 3440. The van der Waals surface area contributed by atoms with Crippen LogP contribution in [0.3, 0.4) is 0 Å². The number of hydrogen-bond donors (Lipinski definition) is 0. The first-order valence-corrected chi connectivity index (χ1v) is 19.0. The Balaban J connectivity index is 1.11. The highest BCUT2D eigenvalue weighted by atomic mass is 16.3. The number of hydrogen-bond acceptors (Lipinski definition) is 3. The van der Waals surface area contributed by atoms with Crippen LogP contribution in [0.5, 0.6) is 0 Å². The lowest BCUT2D eigenvalue weighted by Gasteiger charge is -2.29. The molecule has 0 saturated carbocycles. The molecule has 4 heteroatoms. The Hall–Kier alpha value is -7.56. The van der Waals surface area contributed by atoms with Crippen molar-refractivity contribution in [2.24, 2.45) is 0 Å². The SMILES string of the molecule is c1ccc(-n2c3ccccc3c3ccccc32)c(N(c2ccc(-c3ccc4oc5ccccc5c4c3)cc2)c2cccc3oc4c5ccccc5ccc4c23)c1. The van der Waals surface area contributed by atoms with E-state index in [1.165, 1.54) is 10.8 Å². The van der Waals surface area contributed by atoms with E-state index in [0.29, 0.717) is 0 Å². The number of para-hydroxylation sites is 5. The van der Waals surface area contributed by atoms with Gasteiger partial charge < -0.3 is 18.3 Å². The van der Waals surface area contributed by atoms with Gasteiger partial charge in [-0.05, 0) is 89.3 Å². The van der Waals surface area contributed by atoms with Gasteiger partial charge in [0.15, 0.2) is 0 Å². The van der Waals surface area contributed by atoms with Crippen LogP contribution in [0.2, 0.25) is 0 Å². The topological polar surface area (TPSA) is 34.5 Å². The lowest BCUT2D eigenvalue weighted by atomic mass is 10.0. The highest BCUT2D eigenvalue weighted by Gasteiger charge is 2.24. The zero-order chi connectivity index (χ0) is 36.7. The molecular formula is C52H32N2O2. The summed E-state index contributed by atoms with van der Waals surface area (Å²) in [4.78, 5) is 2.40. The molecular weight excluding hydrogens is 685 g/mol. The van der Waals surface area contributed by atoms with E-state index in [1.807, 2.05) is 12.1 Å². The van der Waals surface area contributed by atoms with Crippen molar-refractivity contribution in [2.75, 3.05) is 4.90 Å². The quantitative estimate of drug-likeness (QED) is 0.178. The Kier molecular flexibility index (Phi) is 6.60. The first kappa shape index (κ1) is 30.9. The number of furan rings is 2. The van der Waals surface area contributed by atoms with Crippen LogP contribution in [0.1, 0.15) is 0 Å². The highest BCUT2D eigenvalue weighted by Crippen LogP contribution is 2.47. The van der Waals surface area contributed by atoms with E-state index in [2.05, 4.69) is 191 Å². The molecule has 0 atom stereocenters. The third kappa shape index (κ3) is 4.53. The minimum absolute atomic E-state index is 0.852. The van der Waals surface area contributed by atoms with Gasteiger partial charge in [0, 0.05) is 38.0 Å². The maximum absolute atomic E-state index is 6.74. The van der Waals surface area contributed by atoms with Gasteiger partial charge in [-0.1, -0.05) is 121 Å². The van der Waals surface area contributed by atoms with Crippen molar-refractivity contribution in [3.63, 3.8) is 0 Å². The summed E-state index contributed by atoms with van der Waals surface area (Å²) in [6.07, 6.45) is 0. The molecule has 0 fully saturated rings. The van der Waals surface area contributed by atoms with E-state index < -0.39 is 0 Å². The lowest BCUT2D eigenvalue weighted by molar-refractivity contribution is 0.669. The molecule has 0 radical (unpaired) electrons. The van der Waals surface area contributed by atoms with Crippen molar-refractivity contribution in [2.45, 2.75) is 0 Å². The number of fused-ring (bicyclic) bond motifs is 11. The standard InChI is InChI=1S/C52H32N2O2/c1-2-13-37-34(12-1)26-30-41-51-47(21-11-23-50(51)56-52(37)41)53(36-28-24-33(25-29-36)35-27-31-49-42(32-35)40-16-5-10-22-48(40)55-49)45-19-8-9-20-46(45)54-43-17-6-3-14-38(43)39-15-4-7-18-44(39)54/h1-32H. The first-order chi connectivity index (χ1) is 27.8. The molecule has 12 aromatic rings. The molecule has 3 heterocycles. The van der Waals surface area contributed by atoms with Crippen LogP contribution < -0.4 is 4.90 Å². The molecule has 0 aliphatic carbocycles. The molecule has 0 saturated heterocycles. The van der Waals surface area contributed by atoms with E-state index in [-0.39, 0.29) is 0 Å². The molecule has 262 valence electrons. The smallest absolute Gasteiger partial charge is 0.143 e. The van der Waals surface area contributed by atoms with Gasteiger partial charge in [0.05, 0.1) is 33.5 Å². The van der Waals surface area contributed by atoms with Crippen molar-refractivity contribution in [1.29, 1.82) is 0 Å². The van der Waals surface area contributed by atoms with Crippen molar-refractivity contribution < 1.29 is 8.83 Å². The summed E-state index contributed by atoms with van der Waals surface area (Å²) in [7, 11) is 0.